The Kier molecular flexibility index (Phi) is 9.42. The number of methoxy groups -OCH3 is 1. The van der Waals surface area contributed by atoms with Gasteiger partial charge >= 0.3 is 12.0 Å². The summed E-state index contributed by atoms with van der Waals surface area (Å²) < 4.78 is 15.4. The Morgan fingerprint density at radius 1 is 1.22 bits per heavy atom. The summed E-state index contributed by atoms with van der Waals surface area (Å²) in [6, 6.07) is 2.12. The molecule has 9 heteroatoms. The minimum Gasteiger partial charge on any atom is -0.493 e. The lowest BCUT2D eigenvalue weighted by Crippen LogP contribution is -2.41. The summed E-state index contributed by atoms with van der Waals surface area (Å²) in [7, 11) is 1.41. The Morgan fingerprint density at radius 3 is 2.52 bits per heavy atom. The van der Waals surface area contributed by atoms with Gasteiger partial charge in [0, 0.05) is 6.54 Å². The van der Waals surface area contributed by atoms with Crippen molar-refractivity contribution in [2.24, 2.45) is 5.92 Å². The van der Waals surface area contributed by atoms with E-state index in [1.165, 1.54) is 19.2 Å². The molecule has 0 atom stereocenters. The van der Waals surface area contributed by atoms with Gasteiger partial charge in [0.25, 0.3) is 5.91 Å². The fourth-order valence-corrected chi connectivity index (χ4v) is 2.28. The average molecular weight is 401 g/mol. The minimum absolute atomic E-state index is 0.0921. The van der Waals surface area contributed by atoms with Crippen molar-refractivity contribution >= 4 is 29.5 Å². The average Bonchev–Trinajstić information content (AvgIpc) is 2.60. The van der Waals surface area contributed by atoms with Crippen molar-refractivity contribution < 1.29 is 28.6 Å². The molecule has 150 valence electrons. The zero-order valence-corrected chi connectivity index (χ0v) is 16.6. The molecule has 0 aliphatic rings. The van der Waals surface area contributed by atoms with Gasteiger partial charge in [-0.15, -0.1) is 0 Å². The third-order valence-electron chi connectivity index (χ3n) is 3.35. The first kappa shape index (κ1) is 22.6. The second-order valence-electron chi connectivity index (χ2n) is 5.99. The van der Waals surface area contributed by atoms with Crippen LogP contribution in [0.3, 0.4) is 0 Å². The van der Waals surface area contributed by atoms with Gasteiger partial charge in [-0.25, -0.2) is 9.59 Å². The second-order valence-corrected chi connectivity index (χ2v) is 6.39. The van der Waals surface area contributed by atoms with Gasteiger partial charge in [-0.05, 0) is 31.4 Å². The van der Waals surface area contributed by atoms with E-state index >= 15 is 0 Å². The van der Waals surface area contributed by atoms with E-state index in [2.05, 4.69) is 10.6 Å². The van der Waals surface area contributed by atoms with Crippen LogP contribution >= 0.6 is 11.6 Å². The van der Waals surface area contributed by atoms with Crippen molar-refractivity contribution in [3.63, 3.8) is 0 Å². The van der Waals surface area contributed by atoms with Gasteiger partial charge in [-0.2, -0.15) is 0 Å². The van der Waals surface area contributed by atoms with Crippen LogP contribution in [0.1, 0.15) is 37.6 Å². The monoisotopic (exact) mass is 400 g/mol. The number of carbonyl (C=O) groups excluding carboxylic acids is 3. The Morgan fingerprint density at radius 2 is 1.93 bits per heavy atom. The molecule has 0 aromatic heterocycles. The number of halogens is 1. The summed E-state index contributed by atoms with van der Waals surface area (Å²) in [5.74, 6) is -0.512. The molecule has 0 aliphatic carbocycles. The number of benzene rings is 1. The molecule has 3 amide bonds. The predicted molar refractivity (Wildman–Crippen MR) is 100 cm³/mol. The lowest BCUT2D eigenvalue weighted by molar-refractivity contribution is -0.123. The molecular formula is C18H25ClN2O6. The largest absolute Gasteiger partial charge is 0.493 e. The van der Waals surface area contributed by atoms with E-state index in [-0.39, 0.29) is 16.3 Å². The molecule has 0 unspecified atom stereocenters. The van der Waals surface area contributed by atoms with Gasteiger partial charge in [-0.3, -0.25) is 10.1 Å². The van der Waals surface area contributed by atoms with E-state index < -0.39 is 24.5 Å². The summed E-state index contributed by atoms with van der Waals surface area (Å²) in [6.07, 6.45) is 0.789. The molecule has 0 saturated carbocycles. The van der Waals surface area contributed by atoms with Crippen molar-refractivity contribution in [1.29, 1.82) is 0 Å². The van der Waals surface area contributed by atoms with E-state index in [0.717, 1.165) is 6.42 Å². The van der Waals surface area contributed by atoms with Crippen molar-refractivity contribution in [2.45, 2.75) is 27.2 Å². The lowest BCUT2D eigenvalue weighted by atomic mass is 10.1. The van der Waals surface area contributed by atoms with Gasteiger partial charge in [-0.1, -0.05) is 25.4 Å². The maximum absolute atomic E-state index is 12.1. The van der Waals surface area contributed by atoms with E-state index in [0.29, 0.717) is 24.8 Å². The van der Waals surface area contributed by atoms with E-state index in [1.807, 2.05) is 13.8 Å². The zero-order valence-electron chi connectivity index (χ0n) is 15.9. The third kappa shape index (κ3) is 7.74. The summed E-state index contributed by atoms with van der Waals surface area (Å²) >= 11 is 6.09. The molecule has 0 saturated heterocycles. The molecule has 2 N–H and O–H groups in total. The number of carbonyl (C=O) groups is 3. The van der Waals surface area contributed by atoms with Crippen LogP contribution in [0.15, 0.2) is 12.1 Å². The minimum atomic E-state index is -0.784. The Hall–Kier alpha value is -2.48. The van der Waals surface area contributed by atoms with Crippen LogP contribution in [0, 0.1) is 5.92 Å². The quantitative estimate of drug-likeness (QED) is 0.618. The van der Waals surface area contributed by atoms with Crippen molar-refractivity contribution in [3.8, 4) is 11.5 Å². The van der Waals surface area contributed by atoms with E-state index in [9.17, 15) is 14.4 Å². The van der Waals surface area contributed by atoms with Crippen molar-refractivity contribution in [2.75, 3.05) is 26.9 Å². The number of nitrogens with one attached hydrogen (secondary N) is 2. The lowest BCUT2D eigenvalue weighted by Gasteiger charge is -2.13. The van der Waals surface area contributed by atoms with Crippen LogP contribution in [-0.2, 0) is 9.53 Å². The Balaban J connectivity index is 2.58. The molecule has 0 radical (unpaired) electrons. The van der Waals surface area contributed by atoms with Crippen LogP contribution in [0.25, 0.3) is 0 Å². The number of hydrogen-bond acceptors (Lipinski definition) is 6. The molecule has 1 aromatic carbocycles. The number of amides is 3. The highest BCUT2D eigenvalue weighted by atomic mass is 35.5. The first-order valence-electron chi connectivity index (χ1n) is 8.53. The number of urea groups is 1. The molecule has 0 heterocycles. The van der Waals surface area contributed by atoms with Gasteiger partial charge < -0.3 is 19.5 Å². The maximum atomic E-state index is 12.1. The highest BCUT2D eigenvalue weighted by Crippen LogP contribution is 2.36. The van der Waals surface area contributed by atoms with Gasteiger partial charge in [0.2, 0.25) is 0 Å². The smallest absolute Gasteiger partial charge is 0.338 e. The molecule has 8 nitrogen and oxygen atoms in total. The van der Waals surface area contributed by atoms with Crippen molar-refractivity contribution in [3.05, 3.63) is 22.7 Å². The van der Waals surface area contributed by atoms with Crippen LogP contribution in [0.2, 0.25) is 5.02 Å². The number of hydrogen-bond donors (Lipinski definition) is 2. The van der Waals surface area contributed by atoms with Crippen molar-refractivity contribution in [1.82, 2.24) is 10.6 Å². The van der Waals surface area contributed by atoms with E-state index in [1.54, 1.807) is 6.92 Å². The van der Waals surface area contributed by atoms with Gasteiger partial charge in [0.15, 0.2) is 18.1 Å². The second kappa shape index (κ2) is 11.3. The highest BCUT2D eigenvalue weighted by molar-refractivity contribution is 6.32. The summed E-state index contributed by atoms with van der Waals surface area (Å²) in [5, 5.41) is 4.81. The summed E-state index contributed by atoms with van der Waals surface area (Å²) in [4.78, 5) is 35.4. The maximum Gasteiger partial charge on any atom is 0.338 e. The van der Waals surface area contributed by atoms with E-state index in [4.69, 9.17) is 25.8 Å². The molecule has 0 fully saturated rings. The first-order valence-corrected chi connectivity index (χ1v) is 8.91. The summed E-state index contributed by atoms with van der Waals surface area (Å²) in [6.45, 7) is 6.04. The topological polar surface area (TPSA) is 103 Å². The fraction of sp³-hybridized carbons (Fsp3) is 0.500. The molecule has 0 bridgehead atoms. The van der Waals surface area contributed by atoms with Crippen LogP contribution in [0.5, 0.6) is 11.5 Å². The molecule has 1 rings (SSSR count). The normalized spacial score (nSPS) is 10.3. The molecular weight excluding hydrogens is 376 g/mol. The molecule has 1 aromatic rings. The zero-order chi connectivity index (χ0) is 20.4. The number of ether oxygens (including phenoxy) is 3. The van der Waals surface area contributed by atoms with Crippen LogP contribution in [0.4, 0.5) is 4.79 Å². The number of imide groups is 1. The number of rotatable bonds is 9. The summed E-state index contributed by atoms with van der Waals surface area (Å²) in [5.41, 5.74) is 0.0921. The Labute approximate surface area is 163 Å². The third-order valence-corrected chi connectivity index (χ3v) is 3.63. The van der Waals surface area contributed by atoms with Crippen LogP contribution < -0.4 is 20.1 Å². The van der Waals surface area contributed by atoms with Crippen LogP contribution in [-0.4, -0.2) is 44.8 Å². The molecule has 0 aliphatic heterocycles. The first-order chi connectivity index (χ1) is 12.8. The molecule has 27 heavy (non-hydrogen) atoms. The fourth-order valence-electron chi connectivity index (χ4n) is 2.02. The van der Waals surface area contributed by atoms with Gasteiger partial charge in [0.1, 0.15) is 0 Å². The van der Waals surface area contributed by atoms with Gasteiger partial charge in [0.05, 0.1) is 24.3 Å². The molecule has 0 spiro atoms. The standard InChI is InChI=1S/C18H25ClN2O6/c1-5-26-16-13(19)8-12(9-14(16)25-4)17(23)27-10-15(22)21-18(24)20-7-6-11(2)3/h8-9,11H,5-7,10H2,1-4H3,(H2,20,21,22,24). The Bertz CT molecular complexity index is 678. The highest BCUT2D eigenvalue weighted by Gasteiger charge is 2.18. The predicted octanol–water partition coefficient (Wildman–Crippen LogP) is 2.78. The SMILES string of the molecule is CCOc1c(Cl)cc(C(=O)OCC(=O)NC(=O)NCCC(C)C)cc1OC. The number of esters is 1.